The molecule has 3 atom stereocenters. The van der Waals surface area contributed by atoms with Gasteiger partial charge >= 0.3 is 6.03 Å². The lowest BCUT2D eigenvalue weighted by Crippen LogP contribution is -2.46. The van der Waals surface area contributed by atoms with E-state index in [1.807, 2.05) is 0 Å². The molecule has 23 heavy (non-hydrogen) atoms. The van der Waals surface area contributed by atoms with Gasteiger partial charge in [-0.3, -0.25) is 4.90 Å². The van der Waals surface area contributed by atoms with Gasteiger partial charge < -0.3 is 15.3 Å². The number of nitrogens with zero attached hydrogens (tertiary/aromatic N) is 2. The Bertz CT molecular complexity index is 522. The largest absolute Gasteiger partial charge is 0.395 e. The standard InChI is InChI=1S/C18H27N3O2/c1-20(9-10-22)18(23)19-17-8-7-15-12-21(13-16(15)17)11-14-5-3-2-4-6-14/h2-6,15-17,22H,7-13H2,1H3,(H,19,23)/t15-,16-,17-/m1/s1. The van der Waals surface area contributed by atoms with Crippen molar-refractivity contribution < 1.29 is 9.90 Å². The van der Waals surface area contributed by atoms with Crippen LogP contribution in [0.2, 0.25) is 0 Å². The van der Waals surface area contributed by atoms with Crippen LogP contribution in [0.1, 0.15) is 18.4 Å². The molecule has 5 nitrogen and oxygen atoms in total. The molecule has 1 aromatic carbocycles. The number of amides is 2. The van der Waals surface area contributed by atoms with Gasteiger partial charge in [0.2, 0.25) is 0 Å². The summed E-state index contributed by atoms with van der Waals surface area (Å²) in [6, 6.07) is 10.8. The van der Waals surface area contributed by atoms with E-state index in [-0.39, 0.29) is 18.7 Å². The molecule has 5 heteroatoms. The number of urea groups is 1. The highest BCUT2D eigenvalue weighted by Gasteiger charge is 2.43. The quantitative estimate of drug-likeness (QED) is 0.866. The highest BCUT2D eigenvalue weighted by atomic mass is 16.3. The number of fused-ring (bicyclic) bond motifs is 1. The third kappa shape index (κ3) is 3.85. The number of hydrogen-bond donors (Lipinski definition) is 2. The number of aliphatic hydroxyl groups is 1. The molecule has 1 aliphatic carbocycles. The first-order chi connectivity index (χ1) is 11.2. The molecule has 0 radical (unpaired) electrons. The number of likely N-dealkylation sites (N-methyl/N-ethyl adjacent to an activating group) is 1. The summed E-state index contributed by atoms with van der Waals surface area (Å²) in [6.07, 6.45) is 2.28. The minimum absolute atomic E-state index is 0.00545. The van der Waals surface area contributed by atoms with E-state index in [2.05, 4.69) is 40.5 Å². The average Bonchev–Trinajstić information content (AvgIpc) is 3.10. The van der Waals surface area contributed by atoms with Gasteiger partial charge in [0.1, 0.15) is 0 Å². The molecule has 126 valence electrons. The Morgan fingerprint density at radius 1 is 1.30 bits per heavy atom. The van der Waals surface area contributed by atoms with Gasteiger partial charge in [0.05, 0.1) is 6.61 Å². The lowest BCUT2D eigenvalue weighted by molar-refractivity contribution is 0.183. The molecule has 1 heterocycles. The van der Waals surface area contributed by atoms with Crippen molar-refractivity contribution in [1.29, 1.82) is 0 Å². The highest BCUT2D eigenvalue weighted by molar-refractivity contribution is 5.74. The van der Waals surface area contributed by atoms with Crippen molar-refractivity contribution in [2.24, 2.45) is 11.8 Å². The van der Waals surface area contributed by atoms with E-state index < -0.39 is 0 Å². The molecule has 1 aliphatic heterocycles. The zero-order valence-electron chi connectivity index (χ0n) is 13.8. The molecule has 1 saturated carbocycles. The van der Waals surface area contributed by atoms with Gasteiger partial charge in [0, 0.05) is 39.3 Å². The Kier molecular flexibility index (Phi) is 5.18. The lowest BCUT2D eigenvalue weighted by Gasteiger charge is -2.25. The summed E-state index contributed by atoms with van der Waals surface area (Å²) in [7, 11) is 1.73. The van der Waals surface area contributed by atoms with Crippen molar-refractivity contribution in [1.82, 2.24) is 15.1 Å². The Labute approximate surface area is 138 Å². The molecule has 3 rings (SSSR count). The summed E-state index contributed by atoms with van der Waals surface area (Å²) in [5, 5.41) is 12.1. The van der Waals surface area contributed by atoms with E-state index in [1.54, 1.807) is 11.9 Å². The molecule has 2 N–H and O–H groups in total. The number of nitrogens with one attached hydrogen (secondary N) is 1. The zero-order valence-corrected chi connectivity index (χ0v) is 13.8. The van der Waals surface area contributed by atoms with Crippen molar-refractivity contribution in [2.45, 2.75) is 25.4 Å². The van der Waals surface area contributed by atoms with Crippen LogP contribution < -0.4 is 5.32 Å². The van der Waals surface area contributed by atoms with E-state index in [9.17, 15) is 4.79 Å². The lowest BCUT2D eigenvalue weighted by atomic mass is 9.98. The minimum atomic E-state index is -0.0637. The van der Waals surface area contributed by atoms with Crippen LogP contribution in [-0.2, 0) is 6.54 Å². The molecule has 0 aromatic heterocycles. The smallest absolute Gasteiger partial charge is 0.317 e. The minimum Gasteiger partial charge on any atom is -0.395 e. The number of carbonyl (C=O) groups is 1. The Morgan fingerprint density at radius 2 is 2.09 bits per heavy atom. The van der Waals surface area contributed by atoms with Crippen LogP contribution in [0.3, 0.4) is 0 Å². The number of hydrogen-bond acceptors (Lipinski definition) is 3. The molecule has 2 fully saturated rings. The molecule has 1 saturated heterocycles. The van der Waals surface area contributed by atoms with Gasteiger partial charge in [0.25, 0.3) is 0 Å². The molecular weight excluding hydrogens is 290 g/mol. The van der Waals surface area contributed by atoms with Gasteiger partial charge in [-0.1, -0.05) is 30.3 Å². The van der Waals surface area contributed by atoms with Gasteiger partial charge in [0.15, 0.2) is 0 Å². The molecule has 0 bridgehead atoms. The number of aliphatic hydroxyl groups excluding tert-OH is 1. The van der Waals surface area contributed by atoms with Crippen LogP contribution in [0.5, 0.6) is 0 Å². The number of carbonyl (C=O) groups excluding carboxylic acids is 1. The second-order valence-electron chi connectivity index (χ2n) is 6.88. The fourth-order valence-electron chi connectivity index (χ4n) is 4.03. The van der Waals surface area contributed by atoms with Gasteiger partial charge in [-0.05, 0) is 30.2 Å². The van der Waals surface area contributed by atoms with Gasteiger partial charge in [-0.25, -0.2) is 4.79 Å². The molecule has 1 aromatic rings. The summed E-state index contributed by atoms with van der Waals surface area (Å²) in [5.74, 6) is 1.26. The Hall–Kier alpha value is -1.59. The maximum atomic E-state index is 12.1. The second-order valence-corrected chi connectivity index (χ2v) is 6.88. The Morgan fingerprint density at radius 3 is 2.83 bits per heavy atom. The highest BCUT2D eigenvalue weighted by Crippen LogP contribution is 2.38. The summed E-state index contributed by atoms with van der Waals surface area (Å²) in [6.45, 7) is 3.59. The van der Waals surface area contributed by atoms with Crippen molar-refractivity contribution in [2.75, 3.05) is 33.3 Å². The normalized spacial score (nSPS) is 27.0. The summed E-state index contributed by atoms with van der Waals surface area (Å²) < 4.78 is 0. The first-order valence-electron chi connectivity index (χ1n) is 8.56. The van der Waals surface area contributed by atoms with E-state index in [0.29, 0.717) is 18.4 Å². The topological polar surface area (TPSA) is 55.8 Å². The van der Waals surface area contributed by atoms with Crippen molar-refractivity contribution in [3.63, 3.8) is 0 Å². The molecular formula is C18H27N3O2. The number of likely N-dealkylation sites (tertiary alicyclic amines) is 1. The van der Waals surface area contributed by atoms with E-state index in [4.69, 9.17) is 5.11 Å². The third-order valence-corrected chi connectivity index (χ3v) is 5.27. The zero-order chi connectivity index (χ0) is 16.2. The second kappa shape index (κ2) is 7.32. The summed E-state index contributed by atoms with van der Waals surface area (Å²) in [4.78, 5) is 16.2. The van der Waals surface area contributed by atoms with Crippen LogP contribution in [-0.4, -0.2) is 60.3 Å². The third-order valence-electron chi connectivity index (χ3n) is 5.27. The number of rotatable bonds is 5. The molecule has 0 unspecified atom stereocenters. The number of benzene rings is 1. The average molecular weight is 317 g/mol. The van der Waals surface area contributed by atoms with Crippen molar-refractivity contribution in [3.05, 3.63) is 35.9 Å². The predicted octanol–water partition coefficient (Wildman–Crippen LogP) is 1.53. The molecule has 0 spiro atoms. The molecule has 2 amide bonds. The summed E-state index contributed by atoms with van der Waals surface area (Å²) in [5.41, 5.74) is 1.36. The summed E-state index contributed by atoms with van der Waals surface area (Å²) >= 11 is 0. The van der Waals surface area contributed by atoms with Crippen LogP contribution in [0.4, 0.5) is 4.79 Å². The van der Waals surface area contributed by atoms with Crippen LogP contribution in [0, 0.1) is 11.8 Å². The fraction of sp³-hybridized carbons (Fsp3) is 0.611. The Balaban J connectivity index is 1.53. The van der Waals surface area contributed by atoms with E-state index in [0.717, 1.165) is 26.1 Å². The van der Waals surface area contributed by atoms with Crippen LogP contribution >= 0.6 is 0 Å². The van der Waals surface area contributed by atoms with Gasteiger partial charge in [-0.15, -0.1) is 0 Å². The van der Waals surface area contributed by atoms with Crippen LogP contribution in [0.15, 0.2) is 30.3 Å². The van der Waals surface area contributed by atoms with E-state index in [1.165, 1.54) is 12.0 Å². The monoisotopic (exact) mass is 317 g/mol. The van der Waals surface area contributed by atoms with Crippen LogP contribution in [0.25, 0.3) is 0 Å². The first-order valence-corrected chi connectivity index (χ1v) is 8.56. The first kappa shape index (κ1) is 16.3. The van der Waals surface area contributed by atoms with Gasteiger partial charge in [-0.2, -0.15) is 0 Å². The fourth-order valence-corrected chi connectivity index (χ4v) is 4.03. The molecule has 2 aliphatic rings. The van der Waals surface area contributed by atoms with E-state index >= 15 is 0 Å². The maximum absolute atomic E-state index is 12.1. The van der Waals surface area contributed by atoms with Crippen molar-refractivity contribution in [3.8, 4) is 0 Å². The predicted molar refractivity (Wildman–Crippen MR) is 90.0 cm³/mol. The SMILES string of the molecule is CN(CCO)C(=O)N[C@@H]1CC[C@@H]2CN(Cc3ccccc3)C[C@H]21. The van der Waals surface area contributed by atoms with Crippen molar-refractivity contribution >= 4 is 6.03 Å². The maximum Gasteiger partial charge on any atom is 0.317 e.